The van der Waals surface area contributed by atoms with E-state index in [0.29, 0.717) is 22.2 Å². The smallest absolute Gasteiger partial charge is 0.395 e. The molecule has 1 unspecified atom stereocenters. The Balaban J connectivity index is 1.77. The number of hydrazone groups is 1. The number of rotatable bonds is 8. The van der Waals surface area contributed by atoms with Gasteiger partial charge in [0, 0.05) is 26.1 Å². The molecule has 0 fully saturated rings. The number of aliphatic hydroxyl groups excluding tert-OH is 1. The van der Waals surface area contributed by atoms with Crippen molar-refractivity contribution < 1.29 is 44.3 Å². The van der Waals surface area contributed by atoms with Crippen molar-refractivity contribution in [3.05, 3.63) is 83.9 Å². The summed E-state index contributed by atoms with van der Waals surface area (Å²) in [6.45, 7) is -0.550. The second kappa shape index (κ2) is 10.8. The van der Waals surface area contributed by atoms with Crippen LogP contribution in [0.3, 0.4) is 0 Å². The second-order valence-corrected chi connectivity index (χ2v) is 11.0. The standard InChI is InChI=1S/C26H22F7N3O3S/c1-35(10-11-37)40(38,39)20-7-3-5-17(13-20)16-4-2-6-18(12-16)23-15-24(25(29,30)26(31,32)33)34-36(23)22-9-8-19(27)14-21(22)28/h2-9,12-14,23,37H,10-11,15H2,1H3. The number of anilines is 1. The van der Waals surface area contributed by atoms with Gasteiger partial charge in [0.25, 0.3) is 0 Å². The lowest BCUT2D eigenvalue weighted by Gasteiger charge is -2.25. The first-order valence-corrected chi connectivity index (χ1v) is 13.1. The molecule has 3 aromatic rings. The maximum absolute atomic E-state index is 14.6. The minimum atomic E-state index is -5.95. The Morgan fingerprint density at radius 3 is 2.25 bits per heavy atom. The summed E-state index contributed by atoms with van der Waals surface area (Å²) in [6, 6.07) is 12.4. The molecule has 1 N–H and O–H groups in total. The number of likely N-dealkylation sites (N-methyl/N-ethyl adjacent to an activating group) is 1. The summed E-state index contributed by atoms with van der Waals surface area (Å²) in [7, 11) is -2.68. The molecule has 40 heavy (non-hydrogen) atoms. The number of hydrogen-bond donors (Lipinski definition) is 1. The van der Waals surface area contributed by atoms with Crippen molar-refractivity contribution in [1.82, 2.24) is 4.31 Å². The number of aliphatic hydroxyl groups is 1. The van der Waals surface area contributed by atoms with Crippen molar-refractivity contribution in [2.24, 2.45) is 5.10 Å². The van der Waals surface area contributed by atoms with Crippen LogP contribution < -0.4 is 5.01 Å². The van der Waals surface area contributed by atoms with E-state index in [1.165, 1.54) is 43.4 Å². The van der Waals surface area contributed by atoms with E-state index in [1.54, 1.807) is 12.1 Å². The number of hydrogen-bond acceptors (Lipinski definition) is 5. The molecule has 0 aliphatic carbocycles. The molecule has 0 bridgehead atoms. The lowest BCUT2D eigenvalue weighted by molar-refractivity contribution is -0.249. The molecule has 1 aliphatic rings. The lowest BCUT2D eigenvalue weighted by atomic mass is 9.95. The molecule has 1 aliphatic heterocycles. The van der Waals surface area contributed by atoms with Crippen LogP contribution >= 0.6 is 0 Å². The molecule has 4 rings (SSSR count). The van der Waals surface area contributed by atoms with Gasteiger partial charge in [0.1, 0.15) is 11.5 Å². The highest BCUT2D eigenvalue weighted by Crippen LogP contribution is 2.45. The number of halogens is 7. The van der Waals surface area contributed by atoms with Gasteiger partial charge in [-0.15, -0.1) is 0 Å². The van der Waals surface area contributed by atoms with Crippen molar-refractivity contribution in [3.8, 4) is 11.1 Å². The average Bonchev–Trinajstić information content (AvgIpc) is 3.34. The topological polar surface area (TPSA) is 73.2 Å². The Morgan fingerprint density at radius 1 is 0.975 bits per heavy atom. The van der Waals surface area contributed by atoms with Crippen LogP contribution in [0.1, 0.15) is 18.0 Å². The first-order chi connectivity index (χ1) is 18.7. The Labute approximate surface area is 225 Å². The van der Waals surface area contributed by atoms with E-state index in [0.717, 1.165) is 16.4 Å². The zero-order valence-electron chi connectivity index (χ0n) is 20.7. The van der Waals surface area contributed by atoms with Gasteiger partial charge >= 0.3 is 12.1 Å². The summed E-state index contributed by atoms with van der Waals surface area (Å²) >= 11 is 0. The molecular weight excluding hydrogens is 567 g/mol. The highest BCUT2D eigenvalue weighted by atomic mass is 32.2. The zero-order chi connectivity index (χ0) is 29.5. The highest BCUT2D eigenvalue weighted by molar-refractivity contribution is 7.89. The molecular formula is C26H22F7N3O3S. The molecule has 0 radical (unpaired) electrons. The SMILES string of the molecule is CN(CCO)S(=O)(=O)c1cccc(-c2cccc(C3CC(C(F)(F)C(F)(F)F)=NN3c3ccc(F)cc3F)c2)c1. The van der Waals surface area contributed by atoms with E-state index in [4.69, 9.17) is 5.11 Å². The van der Waals surface area contributed by atoms with Crippen LogP contribution in [0.5, 0.6) is 0 Å². The van der Waals surface area contributed by atoms with Gasteiger partial charge in [-0.05, 0) is 47.0 Å². The van der Waals surface area contributed by atoms with Gasteiger partial charge in [-0.3, -0.25) is 5.01 Å². The molecule has 14 heteroatoms. The molecule has 6 nitrogen and oxygen atoms in total. The zero-order valence-corrected chi connectivity index (χ0v) is 21.5. The molecule has 1 heterocycles. The number of nitrogens with zero attached hydrogens (tertiary/aromatic N) is 3. The van der Waals surface area contributed by atoms with E-state index < -0.39 is 64.2 Å². The summed E-state index contributed by atoms with van der Waals surface area (Å²) < 4.78 is 123. The third-order valence-corrected chi connectivity index (χ3v) is 8.20. The van der Waals surface area contributed by atoms with Crippen LogP contribution in [0.4, 0.5) is 36.4 Å². The fraction of sp³-hybridized carbons (Fsp3) is 0.269. The fourth-order valence-corrected chi connectivity index (χ4v) is 5.42. The predicted molar refractivity (Wildman–Crippen MR) is 133 cm³/mol. The monoisotopic (exact) mass is 589 g/mol. The molecule has 214 valence electrons. The molecule has 1 atom stereocenters. The fourth-order valence-electron chi connectivity index (χ4n) is 4.22. The Bertz CT molecular complexity index is 1540. The van der Waals surface area contributed by atoms with E-state index in [9.17, 15) is 39.2 Å². The van der Waals surface area contributed by atoms with Crippen molar-refractivity contribution in [2.75, 3.05) is 25.2 Å². The first-order valence-electron chi connectivity index (χ1n) is 11.7. The molecule has 0 spiro atoms. The van der Waals surface area contributed by atoms with Crippen LogP contribution in [0.2, 0.25) is 0 Å². The largest absolute Gasteiger partial charge is 0.459 e. The molecule has 0 saturated heterocycles. The average molecular weight is 590 g/mol. The highest BCUT2D eigenvalue weighted by Gasteiger charge is 2.63. The van der Waals surface area contributed by atoms with Crippen LogP contribution in [-0.4, -0.2) is 55.8 Å². The first kappa shape index (κ1) is 29.5. The normalized spacial score (nSPS) is 16.5. The van der Waals surface area contributed by atoms with Gasteiger partial charge in [0.05, 0.1) is 23.2 Å². The summed E-state index contributed by atoms with van der Waals surface area (Å²) in [5.74, 6) is -7.51. The van der Waals surface area contributed by atoms with Crippen LogP contribution in [0.25, 0.3) is 11.1 Å². The van der Waals surface area contributed by atoms with E-state index in [1.807, 2.05) is 0 Å². The minimum absolute atomic E-state index is 0.0994. The Morgan fingerprint density at radius 2 is 1.62 bits per heavy atom. The number of benzene rings is 3. The maximum Gasteiger partial charge on any atom is 0.459 e. The van der Waals surface area contributed by atoms with Crippen molar-refractivity contribution >= 4 is 21.4 Å². The molecule has 3 aromatic carbocycles. The van der Waals surface area contributed by atoms with Crippen molar-refractivity contribution in [3.63, 3.8) is 0 Å². The quantitative estimate of drug-likeness (QED) is 0.340. The van der Waals surface area contributed by atoms with E-state index in [-0.39, 0.29) is 17.0 Å². The van der Waals surface area contributed by atoms with Gasteiger partial charge in [-0.2, -0.15) is 31.4 Å². The summed E-state index contributed by atoms with van der Waals surface area (Å²) in [6.07, 6.45) is -6.88. The molecule has 0 amide bonds. The predicted octanol–water partition coefficient (Wildman–Crippen LogP) is 5.75. The molecule has 0 aromatic heterocycles. The van der Waals surface area contributed by atoms with Gasteiger partial charge in [-0.25, -0.2) is 17.2 Å². The van der Waals surface area contributed by atoms with E-state index in [2.05, 4.69) is 5.10 Å². The third-order valence-electron chi connectivity index (χ3n) is 6.35. The lowest BCUT2D eigenvalue weighted by Crippen LogP contribution is -2.43. The van der Waals surface area contributed by atoms with Crippen LogP contribution in [-0.2, 0) is 10.0 Å². The van der Waals surface area contributed by atoms with Gasteiger partial charge in [-0.1, -0.05) is 30.3 Å². The number of sulfonamides is 1. The second-order valence-electron chi connectivity index (χ2n) is 8.98. The third kappa shape index (κ3) is 5.56. The van der Waals surface area contributed by atoms with Crippen LogP contribution in [0.15, 0.2) is 76.7 Å². The summed E-state index contributed by atoms with van der Waals surface area (Å²) in [5.41, 5.74) is -1.12. The Hall–Kier alpha value is -3.49. The van der Waals surface area contributed by atoms with Crippen molar-refractivity contribution in [1.29, 1.82) is 0 Å². The van der Waals surface area contributed by atoms with E-state index >= 15 is 0 Å². The summed E-state index contributed by atoms with van der Waals surface area (Å²) in [4.78, 5) is -0.0994. The Kier molecular flexibility index (Phi) is 7.98. The number of alkyl halides is 5. The van der Waals surface area contributed by atoms with Crippen LogP contribution in [0, 0.1) is 11.6 Å². The minimum Gasteiger partial charge on any atom is -0.395 e. The van der Waals surface area contributed by atoms with Crippen molar-refractivity contribution in [2.45, 2.75) is 29.5 Å². The summed E-state index contributed by atoms with van der Waals surface area (Å²) in [5, 5.41) is 13.2. The van der Waals surface area contributed by atoms with Gasteiger partial charge in [0.2, 0.25) is 10.0 Å². The van der Waals surface area contributed by atoms with Gasteiger partial charge in [0.15, 0.2) is 5.82 Å². The molecule has 0 saturated carbocycles. The van der Waals surface area contributed by atoms with Gasteiger partial charge < -0.3 is 5.11 Å². The maximum atomic E-state index is 14.6.